The lowest BCUT2D eigenvalue weighted by molar-refractivity contribution is 0.415. The maximum absolute atomic E-state index is 12.4. The molecule has 1 aromatic carbocycles. The summed E-state index contributed by atoms with van der Waals surface area (Å²) in [4.78, 5) is 17.3. The first-order chi connectivity index (χ1) is 12.2. The van der Waals surface area contributed by atoms with Gasteiger partial charge in [-0.2, -0.15) is 9.50 Å². The summed E-state index contributed by atoms with van der Waals surface area (Å²) in [5, 5.41) is 4.25. The molecule has 0 bridgehead atoms. The highest BCUT2D eigenvalue weighted by atomic mass is 32.1. The molecule has 0 atom stereocenters. The summed E-state index contributed by atoms with van der Waals surface area (Å²) >= 11 is 1.28. The van der Waals surface area contributed by atoms with Crippen LogP contribution in [0.4, 0.5) is 0 Å². The van der Waals surface area contributed by atoms with Crippen LogP contribution in [-0.4, -0.2) is 21.7 Å². The molecule has 0 unspecified atom stereocenters. The number of hydrogen-bond acceptors (Lipinski definition) is 6. The molecule has 0 N–H and O–H groups in total. The monoisotopic (exact) mass is 351 g/mol. The van der Waals surface area contributed by atoms with Crippen molar-refractivity contribution in [2.45, 2.75) is 0 Å². The van der Waals surface area contributed by atoms with Crippen molar-refractivity contribution in [3.8, 4) is 5.75 Å². The van der Waals surface area contributed by atoms with E-state index in [4.69, 9.17) is 9.15 Å². The molecule has 0 radical (unpaired) electrons. The third-order valence-corrected chi connectivity index (χ3v) is 4.51. The molecular weight excluding hydrogens is 338 g/mol. The molecule has 4 aromatic rings. The summed E-state index contributed by atoms with van der Waals surface area (Å²) in [6.45, 7) is 0. The average molecular weight is 351 g/mol. The van der Waals surface area contributed by atoms with Crippen molar-refractivity contribution in [3.05, 3.63) is 74.7 Å². The number of nitrogens with zero attached hydrogens (tertiary/aromatic N) is 3. The maximum atomic E-state index is 12.4. The molecule has 3 heterocycles. The van der Waals surface area contributed by atoms with E-state index in [-0.39, 0.29) is 5.56 Å². The van der Waals surface area contributed by atoms with Crippen LogP contribution in [0.3, 0.4) is 0 Å². The summed E-state index contributed by atoms with van der Waals surface area (Å²) in [6.07, 6.45) is 6.92. The Morgan fingerprint density at radius 1 is 1.20 bits per heavy atom. The second kappa shape index (κ2) is 6.37. The normalized spacial score (nSPS) is 12.4. The topological polar surface area (TPSA) is 69.6 Å². The van der Waals surface area contributed by atoms with E-state index in [2.05, 4.69) is 10.1 Å². The number of ether oxygens (including phenoxy) is 1. The minimum atomic E-state index is -0.201. The molecule has 0 saturated carbocycles. The van der Waals surface area contributed by atoms with Gasteiger partial charge in [0, 0.05) is 6.08 Å². The zero-order chi connectivity index (χ0) is 17.2. The second-order valence-corrected chi connectivity index (χ2v) is 6.21. The Balaban J connectivity index is 1.63. The Morgan fingerprint density at radius 2 is 2.04 bits per heavy atom. The van der Waals surface area contributed by atoms with Gasteiger partial charge < -0.3 is 9.15 Å². The third-order valence-electron chi connectivity index (χ3n) is 3.56. The number of hydrogen-bond donors (Lipinski definition) is 0. The molecule has 0 saturated heterocycles. The summed E-state index contributed by atoms with van der Waals surface area (Å²) in [7, 11) is 1.63. The van der Waals surface area contributed by atoms with E-state index in [1.54, 1.807) is 37.7 Å². The molecule has 0 fully saturated rings. The van der Waals surface area contributed by atoms with Crippen molar-refractivity contribution in [3.63, 3.8) is 0 Å². The molecule has 7 heteroatoms. The molecule has 124 valence electrons. The number of methoxy groups -OCH3 is 1. The number of fused-ring (bicyclic) bond motifs is 1. The van der Waals surface area contributed by atoms with Crippen molar-refractivity contribution in [2.24, 2.45) is 0 Å². The molecule has 6 nitrogen and oxygen atoms in total. The molecule has 0 aliphatic heterocycles. The fourth-order valence-electron chi connectivity index (χ4n) is 2.31. The zero-order valence-corrected chi connectivity index (χ0v) is 14.1. The van der Waals surface area contributed by atoms with Gasteiger partial charge in [-0.25, -0.2) is 0 Å². The predicted molar refractivity (Wildman–Crippen MR) is 96.5 cm³/mol. The molecule has 25 heavy (non-hydrogen) atoms. The van der Waals surface area contributed by atoms with E-state index in [1.165, 1.54) is 15.9 Å². The van der Waals surface area contributed by atoms with Crippen LogP contribution in [0.2, 0.25) is 0 Å². The van der Waals surface area contributed by atoms with Crippen LogP contribution < -0.4 is 14.8 Å². The summed E-state index contributed by atoms with van der Waals surface area (Å²) in [5.74, 6) is 1.92. The highest BCUT2D eigenvalue weighted by molar-refractivity contribution is 7.15. The van der Waals surface area contributed by atoms with Crippen molar-refractivity contribution in [1.29, 1.82) is 0 Å². The first-order valence-electron chi connectivity index (χ1n) is 7.50. The van der Waals surface area contributed by atoms with Crippen LogP contribution in [0.1, 0.15) is 17.1 Å². The van der Waals surface area contributed by atoms with Gasteiger partial charge in [0.1, 0.15) is 16.0 Å². The number of rotatable bonds is 4. The molecule has 0 aliphatic carbocycles. The van der Waals surface area contributed by atoms with Gasteiger partial charge in [0.2, 0.25) is 4.96 Å². The number of aromatic nitrogens is 3. The van der Waals surface area contributed by atoms with Crippen LogP contribution in [0.25, 0.3) is 23.2 Å². The van der Waals surface area contributed by atoms with Gasteiger partial charge in [-0.15, -0.1) is 5.10 Å². The van der Waals surface area contributed by atoms with Crippen LogP contribution in [0.5, 0.6) is 5.75 Å². The number of benzene rings is 1. The highest BCUT2D eigenvalue weighted by Gasteiger charge is 2.09. The Hall–Kier alpha value is -3.19. The fraction of sp³-hybridized carbons (Fsp3) is 0.0556. The maximum Gasteiger partial charge on any atom is 0.291 e. The number of furan rings is 1. The summed E-state index contributed by atoms with van der Waals surface area (Å²) in [5.41, 5.74) is 0.793. The van der Waals surface area contributed by atoms with Gasteiger partial charge in [0.15, 0.2) is 5.82 Å². The summed E-state index contributed by atoms with van der Waals surface area (Å²) < 4.78 is 12.2. The number of thiazole rings is 1. The second-order valence-electron chi connectivity index (χ2n) is 5.20. The van der Waals surface area contributed by atoms with Crippen LogP contribution in [0, 0.1) is 0 Å². The predicted octanol–water partition coefficient (Wildman–Crippen LogP) is 2.47. The van der Waals surface area contributed by atoms with E-state index in [0.717, 1.165) is 11.3 Å². The van der Waals surface area contributed by atoms with Crippen molar-refractivity contribution < 1.29 is 9.15 Å². The van der Waals surface area contributed by atoms with Gasteiger partial charge in [0.05, 0.1) is 13.4 Å². The lowest BCUT2D eigenvalue weighted by atomic mass is 10.2. The van der Waals surface area contributed by atoms with Crippen LogP contribution in [0.15, 0.2) is 51.9 Å². The third kappa shape index (κ3) is 3.09. The minimum absolute atomic E-state index is 0.201. The van der Waals surface area contributed by atoms with Gasteiger partial charge in [-0.3, -0.25) is 4.79 Å². The molecule has 0 amide bonds. The standard InChI is InChI=1S/C18H13N3O3S/c1-23-13-7-4-12(5-8-13)6-9-16-19-18-21(20-16)17(22)15(25-18)11-14-3-2-10-24-14/h2-11H,1H3. The lowest BCUT2D eigenvalue weighted by Crippen LogP contribution is -2.23. The van der Waals surface area contributed by atoms with Gasteiger partial charge >= 0.3 is 0 Å². The molecule has 3 aromatic heterocycles. The Bertz CT molecular complexity index is 1140. The van der Waals surface area contributed by atoms with Gasteiger partial charge in [-0.1, -0.05) is 29.5 Å². The Kier molecular flexibility index (Phi) is 3.91. The minimum Gasteiger partial charge on any atom is -0.497 e. The first-order valence-corrected chi connectivity index (χ1v) is 8.31. The Morgan fingerprint density at radius 3 is 2.72 bits per heavy atom. The Labute approximate surface area is 146 Å². The van der Waals surface area contributed by atoms with E-state index in [1.807, 2.05) is 30.3 Å². The van der Waals surface area contributed by atoms with E-state index in [9.17, 15) is 4.79 Å². The quantitative estimate of drug-likeness (QED) is 0.565. The average Bonchev–Trinajstić information content (AvgIpc) is 3.34. The SMILES string of the molecule is COc1ccc(C=Cc2nc3sc(=Cc4ccco4)c(=O)n3n2)cc1. The lowest BCUT2D eigenvalue weighted by Gasteiger charge is -1.98. The molecule has 4 rings (SSSR count). The highest BCUT2D eigenvalue weighted by Crippen LogP contribution is 2.13. The van der Waals surface area contributed by atoms with E-state index >= 15 is 0 Å². The van der Waals surface area contributed by atoms with E-state index < -0.39 is 0 Å². The molecule has 0 spiro atoms. The fourth-order valence-corrected chi connectivity index (χ4v) is 3.20. The van der Waals surface area contributed by atoms with Crippen LogP contribution in [-0.2, 0) is 0 Å². The van der Waals surface area contributed by atoms with Crippen molar-refractivity contribution >= 4 is 34.5 Å². The van der Waals surface area contributed by atoms with Crippen molar-refractivity contribution in [1.82, 2.24) is 14.6 Å². The van der Waals surface area contributed by atoms with Gasteiger partial charge in [0.25, 0.3) is 5.56 Å². The van der Waals surface area contributed by atoms with Gasteiger partial charge in [-0.05, 0) is 35.9 Å². The van der Waals surface area contributed by atoms with E-state index in [0.29, 0.717) is 21.1 Å². The molecular formula is C18H13N3O3S. The molecule has 0 aliphatic rings. The largest absolute Gasteiger partial charge is 0.497 e. The summed E-state index contributed by atoms with van der Waals surface area (Å²) in [6, 6.07) is 11.2. The van der Waals surface area contributed by atoms with Crippen LogP contribution >= 0.6 is 11.3 Å². The zero-order valence-electron chi connectivity index (χ0n) is 13.2. The first kappa shape index (κ1) is 15.3. The van der Waals surface area contributed by atoms with Crippen molar-refractivity contribution in [2.75, 3.05) is 7.11 Å². The smallest absolute Gasteiger partial charge is 0.291 e.